The average molecular weight is 434 g/mol. The number of anilines is 1. The predicted molar refractivity (Wildman–Crippen MR) is 133 cm³/mol. The molecule has 2 fully saturated rings. The molecule has 0 spiro atoms. The number of carbonyl (C=O) groups excluding carboxylic acids is 1. The molecular weight excluding hydrogens is 394 g/mol. The molecule has 2 aliphatic rings. The molecule has 2 heterocycles. The fourth-order valence-electron chi connectivity index (χ4n) is 5.19. The van der Waals surface area contributed by atoms with Gasteiger partial charge in [-0.3, -0.25) is 9.69 Å². The summed E-state index contributed by atoms with van der Waals surface area (Å²) < 4.78 is 0. The van der Waals surface area contributed by atoms with Crippen LogP contribution in [0.25, 0.3) is 0 Å². The summed E-state index contributed by atoms with van der Waals surface area (Å²) in [4.78, 5) is 17.9. The van der Waals surface area contributed by atoms with E-state index in [4.69, 9.17) is 0 Å². The van der Waals surface area contributed by atoms with E-state index in [1.165, 1.54) is 35.2 Å². The van der Waals surface area contributed by atoms with Crippen molar-refractivity contribution in [1.82, 2.24) is 10.2 Å². The molecule has 172 valence electrons. The Labute approximate surface area is 194 Å². The second-order valence-corrected chi connectivity index (χ2v) is 9.99. The van der Waals surface area contributed by atoms with Gasteiger partial charge in [0, 0.05) is 31.2 Å². The Bertz CT molecular complexity index is 886. The van der Waals surface area contributed by atoms with E-state index in [0.29, 0.717) is 0 Å². The lowest BCUT2D eigenvalue weighted by molar-refractivity contribution is -0.127. The zero-order valence-corrected chi connectivity index (χ0v) is 20.0. The third-order valence-corrected chi connectivity index (χ3v) is 7.39. The van der Waals surface area contributed by atoms with Crippen molar-refractivity contribution in [3.05, 3.63) is 65.2 Å². The second-order valence-electron chi connectivity index (χ2n) is 9.99. The van der Waals surface area contributed by atoms with Gasteiger partial charge in [0.05, 0.1) is 6.04 Å². The molecule has 4 heteroatoms. The maximum Gasteiger partial charge on any atom is 0.223 e. The van der Waals surface area contributed by atoms with E-state index in [1.807, 2.05) is 0 Å². The molecular formula is C28H39N3O. The largest absolute Gasteiger partial charge is 0.371 e. The van der Waals surface area contributed by atoms with Gasteiger partial charge in [0.2, 0.25) is 5.91 Å². The smallest absolute Gasteiger partial charge is 0.223 e. The Balaban J connectivity index is 1.25. The van der Waals surface area contributed by atoms with Gasteiger partial charge in [-0.25, -0.2) is 0 Å². The van der Waals surface area contributed by atoms with Crippen LogP contribution in [0, 0.1) is 18.8 Å². The summed E-state index contributed by atoms with van der Waals surface area (Å²) in [7, 11) is 0. The van der Waals surface area contributed by atoms with Gasteiger partial charge in [-0.1, -0.05) is 43.3 Å². The van der Waals surface area contributed by atoms with Crippen molar-refractivity contribution in [2.24, 2.45) is 11.8 Å². The maximum absolute atomic E-state index is 12.9. The van der Waals surface area contributed by atoms with Crippen molar-refractivity contribution < 1.29 is 4.79 Å². The van der Waals surface area contributed by atoms with Crippen LogP contribution in [0.4, 0.5) is 5.69 Å². The lowest BCUT2D eigenvalue weighted by Gasteiger charge is -2.33. The van der Waals surface area contributed by atoms with E-state index in [2.05, 4.69) is 84.4 Å². The minimum absolute atomic E-state index is 0.0434. The highest BCUT2D eigenvalue weighted by molar-refractivity contribution is 5.79. The lowest BCUT2D eigenvalue weighted by atomic mass is 9.94. The fraction of sp³-hybridized carbons (Fsp3) is 0.536. The third-order valence-electron chi connectivity index (χ3n) is 7.39. The van der Waals surface area contributed by atoms with Crippen LogP contribution in [0.5, 0.6) is 0 Å². The van der Waals surface area contributed by atoms with Crippen LogP contribution >= 0.6 is 0 Å². The van der Waals surface area contributed by atoms with Crippen LogP contribution in [0.2, 0.25) is 0 Å². The summed E-state index contributed by atoms with van der Waals surface area (Å²) in [5.74, 6) is 1.10. The molecule has 0 bridgehead atoms. The number of aryl methyl sites for hydroxylation is 1. The van der Waals surface area contributed by atoms with Crippen LogP contribution in [0.15, 0.2) is 48.5 Å². The number of amides is 1. The van der Waals surface area contributed by atoms with Crippen molar-refractivity contribution in [1.29, 1.82) is 0 Å². The molecule has 32 heavy (non-hydrogen) atoms. The minimum atomic E-state index is 0.0434. The van der Waals surface area contributed by atoms with Crippen molar-refractivity contribution in [2.75, 3.05) is 31.1 Å². The van der Waals surface area contributed by atoms with Gasteiger partial charge < -0.3 is 10.2 Å². The molecule has 0 aliphatic carbocycles. The SMILES string of the molecule is Cc1ccccc1CN1CCC(C(=O)N[C@H](C)c2ccc(N3CCC[C@@H](C)C3)cc2)CC1. The number of hydrogen-bond donors (Lipinski definition) is 1. The van der Waals surface area contributed by atoms with E-state index in [1.54, 1.807) is 0 Å². The highest BCUT2D eigenvalue weighted by Crippen LogP contribution is 2.26. The molecule has 0 unspecified atom stereocenters. The number of rotatable bonds is 6. The monoisotopic (exact) mass is 433 g/mol. The quantitative estimate of drug-likeness (QED) is 0.670. The zero-order chi connectivity index (χ0) is 22.5. The van der Waals surface area contributed by atoms with E-state index < -0.39 is 0 Å². The number of benzene rings is 2. The van der Waals surface area contributed by atoms with Crippen LogP contribution in [0.3, 0.4) is 0 Å². The molecule has 0 aromatic heterocycles. The summed E-state index contributed by atoms with van der Waals surface area (Å²) in [5, 5.41) is 3.27. The summed E-state index contributed by atoms with van der Waals surface area (Å²) in [6, 6.07) is 17.5. The Hall–Kier alpha value is -2.33. The van der Waals surface area contributed by atoms with Crippen molar-refractivity contribution in [3.8, 4) is 0 Å². The van der Waals surface area contributed by atoms with Crippen LogP contribution in [-0.4, -0.2) is 37.0 Å². The Kier molecular flexibility index (Phi) is 7.51. The first-order valence-corrected chi connectivity index (χ1v) is 12.4. The van der Waals surface area contributed by atoms with E-state index in [9.17, 15) is 4.79 Å². The second kappa shape index (κ2) is 10.5. The lowest BCUT2D eigenvalue weighted by Crippen LogP contribution is -2.41. The molecule has 0 saturated carbocycles. The number of nitrogens with one attached hydrogen (secondary N) is 1. The van der Waals surface area contributed by atoms with Gasteiger partial charge in [0.25, 0.3) is 0 Å². The molecule has 4 nitrogen and oxygen atoms in total. The van der Waals surface area contributed by atoms with Gasteiger partial charge >= 0.3 is 0 Å². The van der Waals surface area contributed by atoms with Crippen molar-refractivity contribution >= 4 is 11.6 Å². The molecule has 4 rings (SSSR count). The van der Waals surface area contributed by atoms with E-state index in [0.717, 1.165) is 51.5 Å². The Morgan fingerprint density at radius 1 is 1.03 bits per heavy atom. The third kappa shape index (κ3) is 5.72. The van der Waals surface area contributed by atoms with Gasteiger partial charge in [-0.2, -0.15) is 0 Å². The van der Waals surface area contributed by atoms with Crippen molar-refractivity contribution in [2.45, 2.75) is 59.0 Å². The molecule has 2 atom stereocenters. The van der Waals surface area contributed by atoms with Gasteiger partial charge in [0.1, 0.15) is 0 Å². The maximum atomic E-state index is 12.9. The van der Waals surface area contributed by atoms with Gasteiger partial charge in [-0.15, -0.1) is 0 Å². The number of carbonyl (C=O) groups is 1. The first-order valence-electron chi connectivity index (χ1n) is 12.4. The summed E-state index contributed by atoms with van der Waals surface area (Å²) in [6.45, 7) is 11.9. The average Bonchev–Trinajstić information content (AvgIpc) is 2.81. The molecule has 2 aromatic rings. The Morgan fingerprint density at radius 3 is 2.44 bits per heavy atom. The highest BCUT2D eigenvalue weighted by Gasteiger charge is 2.26. The van der Waals surface area contributed by atoms with Gasteiger partial charge in [-0.05, 0) is 87.4 Å². The summed E-state index contributed by atoms with van der Waals surface area (Å²) in [5.41, 5.74) is 5.23. The zero-order valence-electron chi connectivity index (χ0n) is 20.0. The molecule has 1 amide bonds. The first kappa shape index (κ1) is 22.8. The molecule has 2 aromatic carbocycles. The number of likely N-dealkylation sites (tertiary alicyclic amines) is 1. The number of nitrogens with zero attached hydrogens (tertiary/aromatic N) is 2. The van der Waals surface area contributed by atoms with Crippen molar-refractivity contribution in [3.63, 3.8) is 0 Å². The molecule has 0 radical (unpaired) electrons. The number of piperidine rings is 2. The summed E-state index contributed by atoms with van der Waals surface area (Å²) >= 11 is 0. The standard InChI is InChI=1S/C28H39N3O/c1-21-7-6-16-31(19-21)27-12-10-24(11-13-27)23(3)29-28(32)25-14-17-30(18-15-25)20-26-9-5-4-8-22(26)2/h4-5,8-13,21,23,25H,6-7,14-20H2,1-3H3,(H,29,32)/t21-,23-/m1/s1. The Morgan fingerprint density at radius 2 is 1.75 bits per heavy atom. The first-order chi connectivity index (χ1) is 15.5. The normalized spacial score (nSPS) is 21.3. The van der Waals surface area contributed by atoms with Crippen LogP contribution in [0.1, 0.15) is 62.3 Å². The molecule has 1 N–H and O–H groups in total. The molecule has 2 saturated heterocycles. The molecule has 2 aliphatic heterocycles. The highest BCUT2D eigenvalue weighted by atomic mass is 16.1. The summed E-state index contributed by atoms with van der Waals surface area (Å²) in [6.07, 6.45) is 4.49. The van der Waals surface area contributed by atoms with Crippen LogP contribution < -0.4 is 10.2 Å². The van der Waals surface area contributed by atoms with E-state index in [-0.39, 0.29) is 17.9 Å². The van der Waals surface area contributed by atoms with E-state index >= 15 is 0 Å². The van der Waals surface area contributed by atoms with Crippen LogP contribution in [-0.2, 0) is 11.3 Å². The minimum Gasteiger partial charge on any atom is -0.371 e. The topological polar surface area (TPSA) is 35.6 Å². The predicted octanol–water partition coefficient (Wildman–Crippen LogP) is 5.32. The fourth-order valence-corrected chi connectivity index (χ4v) is 5.19. The van der Waals surface area contributed by atoms with Gasteiger partial charge in [0.15, 0.2) is 0 Å². The number of hydrogen-bond acceptors (Lipinski definition) is 3.